The van der Waals surface area contributed by atoms with E-state index >= 15 is 0 Å². The summed E-state index contributed by atoms with van der Waals surface area (Å²) in [6.07, 6.45) is 4.84. The van der Waals surface area contributed by atoms with Gasteiger partial charge < -0.3 is 15.3 Å². The van der Waals surface area contributed by atoms with Crippen LogP contribution in [0, 0.1) is 11.7 Å². The molecular weight excluding hydrogens is 473 g/mol. The summed E-state index contributed by atoms with van der Waals surface area (Å²) in [6, 6.07) is 12.9. The predicted octanol–water partition coefficient (Wildman–Crippen LogP) is 5.11. The van der Waals surface area contributed by atoms with Crippen molar-refractivity contribution in [1.29, 1.82) is 0 Å². The zero-order valence-electron chi connectivity index (χ0n) is 21.4. The fourth-order valence-corrected chi connectivity index (χ4v) is 5.41. The first-order valence-electron chi connectivity index (χ1n) is 13.0. The summed E-state index contributed by atoms with van der Waals surface area (Å²) in [5.41, 5.74) is 1.47. The highest BCUT2D eigenvalue weighted by Crippen LogP contribution is 2.46. The molecule has 2 aromatic carbocycles. The van der Waals surface area contributed by atoms with Gasteiger partial charge in [-0.05, 0) is 67.9 Å². The Morgan fingerprint density at radius 1 is 1.19 bits per heavy atom. The molecule has 2 N–H and O–H groups in total. The summed E-state index contributed by atoms with van der Waals surface area (Å²) in [5.74, 6) is -1.35. The molecule has 1 aliphatic carbocycles. The van der Waals surface area contributed by atoms with Gasteiger partial charge in [-0.25, -0.2) is 4.39 Å². The maximum absolute atomic E-state index is 14.1. The van der Waals surface area contributed by atoms with Gasteiger partial charge in [0, 0.05) is 17.7 Å². The van der Waals surface area contributed by atoms with E-state index in [1.165, 1.54) is 12.1 Å². The fraction of sp³-hybridized carbons (Fsp3) is 0.448. The quantitative estimate of drug-likeness (QED) is 0.493. The number of nitrogens with zero attached hydrogens (tertiary/aromatic N) is 2. The Morgan fingerprint density at radius 3 is 2.51 bits per heavy atom. The maximum atomic E-state index is 14.1. The van der Waals surface area contributed by atoms with Crippen molar-refractivity contribution < 1.29 is 23.9 Å². The zero-order chi connectivity index (χ0) is 26.6. The number of halogens is 1. The van der Waals surface area contributed by atoms with Crippen molar-refractivity contribution in [2.45, 2.75) is 70.5 Å². The first-order valence-corrected chi connectivity index (χ1v) is 13.0. The van der Waals surface area contributed by atoms with Crippen LogP contribution in [0.15, 0.2) is 53.5 Å². The average Bonchev–Trinajstić information content (AvgIpc) is 3.16. The van der Waals surface area contributed by atoms with E-state index in [9.17, 15) is 18.8 Å². The maximum Gasteiger partial charge on any atom is 0.305 e. The van der Waals surface area contributed by atoms with Crippen molar-refractivity contribution in [2.24, 2.45) is 10.9 Å². The molecule has 1 atom stereocenters. The second kappa shape index (κ2) is 11.2. The van der Waals surface area contributed by atoms with E-state index in [4.69, 9.17) is 10.1 Å². The highest BCUT2D eigenvalue weighted by atomic mass is 19.1. The summed E-state index contributed by atoms with van der Waals surface area (Å²) < 4.78 is 14.1. The molecule has 1 saturated carbocycles. The van der Waals surface area contributed by atoms with Crippen molar-refractivity contribution in [1.82, 2.24) is 10.2 Å². The number of carbonyl (C=O) groups is 3. The molecular formula is C29H34FN3O4. The Bertz CT molecular complexity index is 1190. The number of hydrogen-bond donors (Lipinski definition) is 2. The molecule has 0 bridgehead atoms. The topological polar surface area (TPSA) is 99.1 Å². The van der Waals surface area contributed by atoms with Gasteiger partial charge in [-0.3, -0.25) is 19.4 Å². The highest BCUT2D eigenvalue weighted by Gasteiger charge is 2.51. The van der Waals surface area contributed by atoms with Gasteiger partial charge in [0.15, 0.2) is 0 Å². The zero-order valence-corrected chi connectivity index (χ0v) is 21.4. The van der Waals surface area contributed by atoms with Gasteiger partial charge in [0.05, 0.1) is 12.5 Å². The normalized spacial score (nSPS) is 22.1. The monoisotopic (exact) mass is 507 g/mol. The lowest BCUT2D eigenvalue weighted by Crippen LogP contribution is -2.50. The van der Waals surface area contributed by atoms with E-state index in [2.05, 4.69) is 19.2 Å². The second-order valence-electron chi connectivity index (χ2n) is 10.1. The van der Waals surface area contributed by atoms with E-state index in [0.29, 0.717) is 22.8 Å². The van der Waals surface area contributed by atoms with Crippen LogP contribution in [0.4, 0.5) is 4.39 Å². The SMILES string of the molecule is CCC[C@H](c1ccc(C(=O)NCCC(=O)O)cc1)N1C(=O)C(c2cccc(F)c2)=NC12CCC(C)CC2. The Hall–Kier alpha value is -3.55. The first-order chi connectivity index (χ1) is 17.7. The summed E-state index contributed by atoms with van der Waals surface area (Å²) >= 11 is 0. The summed E-state index contributed by atoms with van der Waals surface area (Å²) in [4.78, 5) is 44.1. The minimum Gasteiger partial charge on any atom is -0.481 e. The van der Waals surface area contributed by atoms with Crippen LogP contribution in [0.25, 0.3) is 0 Å². The molecule has 1 spiro atoms. The number of benzene rings is 2. The molecule has 196 valence electrons. The van der Waals surface area contributed by atoms with Crippen LogP contribution >= 0.6 is 0 Å². The molecule has 1 heterocycles. The van der Waals surface area contributed by atoms with Crippen molar-refractivity contribution >= 4 is 23.5 Å². The number of amides is 2. The molecule has 1 aliphatic heterocycles. The smallest absolute Gasteiger partial charge is 0.305 e. The van der Waals surface area contributed by atoms with Crippen molar-refractivity contribution in [3.8, 4) is 0 Å². The van der Waals surface area contributed by atoms with Crippen LogP contribution in [-0.2, 0) is 9.59 Å². The van der Waals surface area contributed by atoms with Crippen LogP contribution in [0.2, 0.25) is 0 Å². The number of hydrogen-bond acceptors (Lipinski definition) is 4. The summed E-state index contributed by atoms with van der Waals surface area (Å²) in [5, 5.41) is 11.4. The average molecular weight is 508 g/mol. The third-order valence-corrected chi connectivity index (χ3v) is 7.42. The number of aliphatic imine (C=N–C) groups is 1. The third-order valence-electron chi connectivity index (χ3n) is 7.42. The predicted molar refractivity (Wildman–Crippen MR) is 139 cm³/mol. The lowest BCUT2D eigenvalue weighted by molar-refractivity contribution is -0.137. The van der Waals surface area contributed by atoms with E-state index < -0.39 is 17.4 Å². The van der Waals surface area contributed by atoms with E-state index in [1.54, 1.807) is 24.3 Å². The molecule has 1 fully saturated rings. The number of carboxylic acids is 1. The van der Waals surface area contributed by atoms with E-state index in [-0.39, 0.29) is 30.8 Å². The summed E-state index contributed by atoms with van der Waals surface area (Å²) in [6.45, 7) is 4.34. The summed E-state index contributed by atoms with van der Waals surface area (Å²) in [7, 11) is 0. The minimum atomic E-state index is -0.973. The molecule has 0 aromatic heterocycles. The van der Waals surface area contributed by atoms with Gasteiger partial charge in [-0.15, -0.1) is 0 Å². The number of carboxylic acid groups (broad SMARTS) is 1. The first kappa shape index (κ1) is 26.5. The molecule has 0 radical (unpaired) electrons. The van der Waals surface area contributed by atoms with Gasteiger partial charge in [-0.1, -0.05) is 44.5 Å². The van der Waals surface area contributed by atoms with Crippen LogP contribution < -0.4 is 5.32 Å². The van der Waals surface area contributed by atoms with Crippen molar-refractivity contribution in [2.75, 3.05) is 6.54 Å². The Kier molecular flexibility index (Phi) is 8.05. The third kappa shape index (κ3) is 5.73. The lowest BCUT2D eigenvalue weighted by atomic mass is 9.81. The van der Waals surface area contributed by atoms with Crippen LogP contribution in [0.1, 0.15) is 86.3 Å². The molecule has 2 amide bonds. The highest BCUT2D eigenvalue weighted by molar-refractivity contribution is 6.46. The number of carbonyl (C=O) groups excluding carboxylic acids is 2. The largest absolute Gasteiger partial charge is 0.481 e. The lowest BCUT2D eigenvalue weighted by Gasteiger charge is -2.45. The number of rotatable bonds is 9. The van der Waals surface area contributed by atoms with Gasteiger partial charge >= 0.3 is 5.97 Å². The Labute approximate surface area is 216 Å². The van der Waals surface area contributed by atoms with Crippen LogP contribution in [0.3, 0.4) is 0 Å². The van der Waals surface area contributed by atoms with Crippen LogP contribution in [-0.4, -0.2) is 45.7 Å². The minimum absolute atomic E-state index is 0.0534. The van der Waals surface area contributed by atoms with E-state index in [0.717, 1.165) is 44.1 Å². The van der Waals surface area contributed by atoms with Gasteiger partial charge in [0.1, 0.15) is 17.2 Å². The number of nitrogens with one attached hydrogen (secondary N) is 1. The molecule has 2 aromatic rings. The van der Waals surface area contributed by atoms with E-state index in [1.807, 2.05) is 17.0 Å². The Morgan fingerprint density at radius 2 is 1.89 bits per heavy atom. The standard InChI is InChI=1S/C29H34FN3O4/c1-3-5-24(20-8-10-21(11-9-20)27(36)31-17-14-25(34)35)33-28(37)26(22-6-4-7-23(30)18-22)32-29(33)15-12-19(2)13-16-29/h4,6-11,18-19,24H,3,5,12-17H2,1-2H3,(H,31,36)(H,34,35)/t19?,24-,29?/m1/s1. The molecule has 0 unspecified atom stereocenters. The number of aliphatic carboxylic acids is 1. The molecule has 2 aliphatic rings. The molecule has 7 nitrogen and oxygen atoms in total. The van der Waals surface area contributed by atoms with Gasteiger partial charge in [0.25, 0.3) is 11.8 Å². The molecule has 37 heavy (non-hydrogen) atoms. The van der Waals surface area contributed by atoms with Gasteiger partial charge in [0.2, 0.25) is 0 Å². The van der Waals surface area contributed by atoms with Gasteiger partial charge in [-0.2, -0.15) is 0 Å². The molecule has 0 saturated heterocycles. The van der Waals surface area contributed by atoms with Crippen LogP contribution in [0.5, 0.6) is 0 Å². The van der Waals surface area contributed by atoms with Crippen molar-refractivity contribution in [3.63, 3.8) is 0 Å². The second-order valence-corrected chi connectivity index (χ2v) is 10.1. The molecule has 8 heteroatoms. The Balaban J connectivity index is 1.65. The fourth-order valence-electron chi connectivity index (χ4n) is 5.41. The molecule has 4 rings (SSSR count). The van der Waals surface area contributed by atoms with Crippen molar-refractivity contribution in [3.05, 3.63) is 71.0 Å².